The zero-order chi connectivity index (χ0) is 17.1. The second-order valence-electron chi connectivity index (χ2n) is 6.99. The van der Waals surface area contributed by atoms with Crippen LogP contribution >= 0.6 is 28.3 Å². The van der Waals surface area contributed by atoms with Gasteiger partial charge in [0.2, 0.25) is 0 Å². The average molecular weight is 429 g/mol. The van der Waals surface area contributed by atoms with Crippen LogP contribution in [-0.4, -0.2) is 4.98 Å². The van der Waals surface area contributed by atoms with E-state index in [1.165, 1.54) is 48.8 Å². The lowest BCUT2D eigenvalue weighted by Gasteiger charge is -2.22. The molecule has 1 aliphatic rings. The highest BCUT2D eigenvalue weighted by Crippen LogP contribution is 2.34. The second kappa shape index (κ2) is 8.83. The molecule has 136 valence electrons. The van der Waals surface area contributed by atoms with E-state index >= 15 is 0 Å². The van der Waals surface area contributed by atoms with Gasteiger partial charge in [0.25, 0.3) is 0 Å². The monoisotopic (exact) mass is 428 g/mol. The number of benzene rings is 2. The average Bonchev–Trinajstić information content (AvgIpc) is 3.13. The summed E-state index contributed by atoms with van der Waals surface area (Å²) in [7, 11) is 0. The maximum absolute atomic E-state index is 4.75. The van der Waals surface area contributed by atoms with Gasteiger partial charge < -0.3 is 5.32 Å². The minimum absolute atomic E-state index is 0. The van der Waals surface area contributed by atoms with Crippen molar-refractivity contribution in [1.29, 1.82) is 0 Å². The summed E-state index contributed by atoms with van der Waals surface area (Å²) in [5.74, 6) is 0.761. The fraction of sp³-hybridized carbons (Fsp3) is 0.318. The van der Waals surface area contributed by atoms with Crippen molar-refractivity contribution in [2.24, 2.45) is 0 Å². The molecule has 1 heterocycles. The number of halogens is 1. The van der Waals surface area contributed by atoms with Crippen LogP contribution in [0.5, 0.6) is 0 Å². The first kappa shape index (κ1) is 19.1. The van der Waals surface area contributed by atoms with Crippen molar-refractivity contribution in [1.82, 2.24) is 4.98 Å². The summed E-state index contributed by atoms with van der Waals surface area (Å²) in [6, 6.07) is 17.5. The lowest BCUT2D eigenvalue weighted by molar-refractivity contribution is 0.443. The highest BCUT2D eigenvalue weighted by molar-refractivity contribution is 8.93. The van der Waals surface area contributed by atoms with E-state index in [1.807, 2.05) is 0 Å². The fourth-order valence-corrected chi connectivity index (χ4v) is 4.33. The smallest absolute Gasteiger partial charge is 0.187 e. The third-order valence-corrected chi connectivity index (χ3v) is 5.85. The Labute approximate surface area is 170 Å². The molecular weight excluding hydrogens is 404 g/mol. The molecule has 2 nitrogen and oxygen atoms in total. The molecule has 1 aromatic heterocycles. The van der Waals surface area contributed by atoms with Gasteiger partial charge in [0, 0.05) is 16.6 Å². The number of thiazole rings is 1. The Morgan fingerprint density at radius 1 is 0.923 bits per heavy atom. The largest absolute Gasteiger partial charge is 0.332 e. The number of nitrogens with one attached hydrogen (secondary N) is 1. The summed E-state index contributed by atoms with van der Waals surface area (Å²) in [6.07, 6.45) is 6.87. The Hall–Kier alpha value is -1.65. The molecule has 0 bridgehead atoms. The molecule has 0 atom stereocenters. The first-order valence-corrected chi connectivity index (χ1v) is 10.1. The molecule has 0 spiro atoms. The normalized spacial score (nSPS) is 14.7. The predicted molar refractivity (Wildman–Crippen MR) is 118 cm³/mol. The molecule has 0 unspecified atom stereocenters. The minimum atomic E-state index is 0. The van der Waals surface area contributed by atoms with Gasteiger partial charge in [-0.1, -0.05) is 61.2 Å². The Morgan fingerprint density at radius 3 is 2.31 bits per heavy atom. The van der Waals surface area contributed by atoms with Crippen LogP contribution in [0.1, 0.15) is 49.1 Å². The van der Waals surface area contributed by atoms with Gasteiger partial charge in [-0.15, -0.1) is 28.3 Å². The van der Waals surface area contributed by atoms with Gasteiger partial charge in [-0.3, -0.25) is 0 Å². The lowest BCUT2D eigenvalue weighted by Crippen LogP contribution is -2.04. The Balaban J connectivity index is 0.00000196. The summed E-state index contributed by atoms with van der Waals surface area (Å²) in [5.41, 5.74) is 6.10. The van der Waals surface area contributed by atoms with Crippen molar-refractivity contribution in [3.8, 4) is 11.3 Å². The van der Waals surface area contributed by atoms with Gasteiger partial charge in [-0.2, -0.15) is 0 Å². The highest BCUT2D eigenvalue weighted by atomic mass is 79.9. The van der Waals surface area contributed by atoms with Gasteiger partial charge in [0.15, 0.2) is 5.13 Å². The van der Waals surface area contributed by atoms with Crippen LogP contribution < -0.4 is 5.32 Å². The quantitative estimate of drug-likeness (QED) is 0.465. The zero-order valence-electron chi connectivity index (χ0n) is 15.1. The van der Waals surface area contributed by atoms with Crippen LogP contribution in [0.4, 0.5) is 10.8 Å². The van der Waals surface area contributed by atoms with Gasteiger partial charge in [0.1, 0.15) is 0 Å². The van der Waals surface area contributed by atoms with Crippen molar-refractivity contribution >= 4 is 39.1 Å². The molecule has 1 N–H and O–H groups in total. The number of anilines is 2. The summed E-state index contributed by atoms with van der Waals surface area (Å²) in [4.78, 5) is 4.75. The van der Waals surface area contributed by atoms with Crippen molar-refractivity contribution < 1.29 is 0 Å². The van der Waals surface area contributed by atoms with Crippen molar-refractivity contribution in [3.05, 3.63) is 65.0 Å². The molecule has 2 aromatic carbocycles. The number of nitrogens with zero attached hydrogens (tertiary/aromatic N) is 1. The van der Waals surface area contributed by atoms with Crippen LogP contribution in [0.25, 0.3) is 11.3 Å². The summed E-state index contributed by atoms with van der Waals surface area (Å²) < 4.78 is 0. The van der Waals surface area contributed by atoms with Crippen LogP contribution in [0.15, 0.2) is 53.9 Å². The molecule has 1 fully saturated rings. The topological polar surface area (TPSA) is 24.9 Å². The standard InChI is InChI=1S/C22H24N2S.BrH/c1-16-7-13-20(14-8-16)23-22-24-21(15-25-22)19-11-9-18(10-12-19)17-5-3-2-4-6-17;/h7-15,17H,2-6H2,1H3,(H,23,24);1H. The molecule has 1 aliphatic carbocycles. The molecule has 0 radical (unpaired) electrons. The van der Waals surface area contributed by atoms with E-state index in [0.717, 1.165) is 22.4 Å². The predicted octanol–water partition coefficient (Wildman–Crippen LogP) is 7.49. The summed E-state index contributed by atoms with van der Waals surface area (Å²) >= 11 is 1.65. The van der Waals surface area contributed by atoms with Crippen LogP contribution in [0.3, 0.4) is 0 Å². The highest BCUT2D eigenvalue weighted by Gasteiger charge is 2.15. The molecule has 0 amide bonds. The second-order valence-corrected chi connectivity index (χ2v) is 7.84. The van der Waals surface area contributed by atoms with Gasteiger partial charge in [0.05, 0.1) is 5.69 Å². The van der Waals surface area contributed by atoms with E-state index in [0.29, 0.717) is 0 Å². The van der Waals surface area contributed by atoms with Gasteiger partial charge in [-0.05, 0) is 43.4 Å². The van der Waals surface area contributed by atoms with Gasteiger partial charge >= 0.3 is 0 Å². The van der Waals surface area contributed by atoms with Crippen molar-refractivity contribution in [2.75, 3.05) is 5.32 Å². The molecule has 0 saturated heterocycles. The molecule has 4 rings (SSSR count). The Morgan fingerprint density at radius 2 is 1.62 bits per heavy atom. The number of aryl methyl sites for hydroxylation is 1. The molecule has 0 aliphatic heterocycles. The van der Waals surface area contributed by atoms with Crippen molar-refractivity contribution in [3.63, 3.8) is 0 Å². The summed E-state index contributed by atoms with van der Waals surface area (Å²) in [6.45, 7) is 2.10. The van der Waals surface area contributed by atoms with E-state index < -0.39 is 0 Å². The maximum Gasteiger partial charge on any atom is 0.187 e. The van der Waals surface area contributed by atoms with Crippen LogP contribution in [0.2, 0.25) is 0 Å². The number of aromatic nitrogens is 1. The minimum Gasteiger partial charge on any atom is -0.332 e. The van der Waals surface area contributed by atoms with E-state index in [1.54, 1.807) is 11.3 Å². The summed E-state index contributed by atoms with van der Waals surface area (Å²) in [5, 5.41) is 6.46. The Bertz CT molecular complexity index is 818. The van der Waals surface area contributed by atoms with E-state index in [9.17, 15) is 0 Å². The third kappa shape index (κ3) is 4.54. The van der Waals surface area contributed by atoms with E-state index in [2.05, 4.69) is 66.2 Å². The molecule has 1 saturated carbocycles. The van der Waals surface area contributed by atoms with Crippen LogP contribution in [0, 0.1) is 6.92 Å². The molecular formula is C22H25BrN2S. The molecule has 3 aromatic rings. The lowest BCUT2D eigenvalue weighted by atomic mass is 9.84. The third-order valence-electron chi connectivity index (χ3n) is 5.09. The zero-order valence-corrected chi connectivity index (χ0v) is 17.6. The number of hydrogen-bond donors (Lipinski definition) is 1. The molecule has 26 heavy (non-hydrogen) atoms. The van der Waals surface area contributed by atoms with Gasteiger partial charge in [-0.25, -0.2) is 4.98 Å². The number of rotatable bonds is 4. The number of hydrogen-bond acceptors (Lipinski definition) is 3. The maximum atomic E-state index is 4.75. The first-order valence-electron chi connectivity index (χ1n) is 9.17. The van der Waals surface area contributed by atoms with E-state index in [4.69, 9.17) is 4.98 Å². The van der Waals surface area contributed by atoms with Crippen LogP contribution in [-0.2, 0) is 0 Å². The van der Waals surface area contributed by atoms with Crippen molar-refractivity contribution in [2.45, 2.75) is 44.9 Å². The Kier molecular flexibility index (Phi) is 6.49. The molecule has 4 heteroatoms. The fourth-order valence-electron chi connectivity index (χ4n) is 3.59. The SMILES string of the molecule is Br.Cc1ccc(Nc2nc(-c3ccc(C4CCCCC4)cc3)cs2)cc1. The van der Waals surface area contributed by atoms with E-state index in [-0.39, 0.29) is 17.0 Å². The first-order chi connectivity index (χ1) is 12.3.